The molecular weight excluding hydrogens is 490 g/mol. The lowest BCUT2D eigenvalue weighted by molar-refractivity contribution is -0.121. The van der Waals surface area contributed by atoms with Gasteiger partial charge in [0.25, 0.3) is 5.91 Å². The fourth-order valence-corrected chi connectivity index (χ4v) is 5.41. The summed E-state index contributed by atoms with van der Waals surface area (Å²) in [5, 5.41) is 2.07. The highest BCUT2D eigenvalue weighted by Crippen LogP contribution is 2.35. The molecule has 0 unspecified atom stereocenters. The second-order valence-corrected chi connectivity index (χ2v) is 10.2. The van der Waals surface area contributed by atoms with Crippen LogP contribution in [0.2, 0.25) is 5.02 Å². The quantitative estimate of drug-likeness (QED) is 0.383. The molecule has 2 aliphatic rings. The molecule has 34 heavy (non-hydrogen) atoms. The van der Waals surface area contributed by atoms with Crippen molar-refractivity contribution in [3.05, 3.63) is 76.4 Å². The number of hydrogen-bond acceptors (Lipinski definition) is 7. The maximum Gasteiger partial charge on any atom is 0.266 e. The zero-order valence-electron chi connectivity index (χ0n) is 18.4. The normalized spacial score (nSPS) is 18.9. The summed E-state index contributed by atoms with van der Waals surface area (Å²) in [5.41, 5.74) is 1.96. The van der Waals surface area contributed by atoms with E-state index in [9.17, 15) is 4.79 Å². The Balaban J connectivity index is 1.28. The summed E-state index contributed by atoms with van der Waals surface area (Å²) >= 11 is 8.79. The second kappa shape index (κ2) is 10.3. The van der Waals surface area contributed by atoms with Crippen molar-refractivity contribution in [1.82, 2.24) is 4.90 Å². The number of morpholine rings is 1. The zero-order valence-corrected chi connectivity index (χ0v) is 20.8. The first-order chi connectivity index (χ1) is 16.5. The van der Waals surface area contributed by atoms with Gasteiger partial charge in [-0.25, -0.2) is 4.99 Å². The van der Waals surface area contributed by atoms with Gasteiger partial charge < -0.3 is 14.1 Å². The van der Waals surface area contributed by atoms with E-state index in [0.29, 0.717) is 20.9 Å². The Labute approximate surface area is 211 Å². The van der Waals surface area contributed by atoms with E-state index in [4.69, 9.17) is 25.7 Å². The third-order valence-electron chi connectivity index (χ3n) is 5.36. The molecule has 0 atom stereocenters. The summed E-state index contributed by atoms with van der Waals surface area (Å²) in [6, 6.07) is 19.4. The van der Waals surface area contributed by atoms with E-state index in [0.717, 1.165) is 47.7 Å². The molecule has 0 aliphatic carbocycles. The average molecular weight is 512 g/mol. The number of benzene rings is 2. The second-order valence-electron chi connectivity index (χ2n) is 7.70. The number of nitrogens with zero attached hydrogens (tertiary/aromatic N) is 3. The number of hydrogen-bond donors (Lipinski definition) is 0. The number of halogens is 1. The van der Waals surface area contributed by atoms with Crippen LogP contribution < -0.4 is 4.90 Å². The van der Waals surface area contributed by atoms with Crippen LogP contribution in [-0.2, 0) is 9.53 Å². The molecule has 2 fully saturated rings. The minimum atomic E-state index is -0.100. The molecule has 2 saturated heterocycles. The number of ether oxygens (including phenoxy) is 1. The fraction of sp³-hybridized carbons (Fsp3) is 0.200. The molecular formula is C25H22ClN3O3S2. The first-order valence-electron chi connectivity index (χ1n) is 10.8. The van der Waals surface area contributed by atoms with Gasteiger partial charge in [-0.05, 0) is 72.4 Å². The maximum atomic E-state index is 12.8. The fourth-order valence-electron chi connectivity index (χ4n) is 3.54. The number of carbonyl (C=O) groups excluding carboxylic acids is 1. The lowest BCUT2D eigenvalue weighted by Gasteiger charge is -2.28. The minimum absolute atomic E-state index is 0.100. The number of thioether (sulfide) groups is 1. The van der Waals surface area contributed by atoms with Crippen LogP contribution in [0.3, 0.4) is 0 Å². The summed E-state index contributed by atoms with van der Waals surface area (Å²) in [5.74, 6) is 0.522. The van der Waals surface area contributed by atoms with Gasteiger partial charge in [0.2, 0.25) is 0 Å². The van der Waals surface area contributed by atoms with Gasteiger partial charge in [0.05, 0.1) is 23.8 Å². The van der Waals surface area contributed by atoms with Crippen molar-refractivity contribution in [1.29, 1.82) is 0 Å². The Bertz CT molecular complexity index is 1230. The third kappa shape index (κ3) is 5.36. The zero-order chi connectivity index (χ0) is 23.5. The summed E-state index contributed by atoms with van der Waals surface area (Å²) in [7, 11) is 1.74. The molecule has 0 saturated carbocycles. The molecule has 2 aliphatic heterocycles. The van der Waals surface area contributed by atoms with Crippen molar-refractivity contribution in [2.24, 2.45) is 4.99 Å². The van der Waals surface area contributed by atoms with E-state index in [2.05, 4.69) is 17.0 Å². The number of rotatable bonds is 5. The van der Waals surface area contributed by atoms with Gasteiger partial charge in [-0.1, -0.05) is 23.4 Å². The molecule has 6 nitrogen and oxygen atoms in total. The average Bonchev–Trinajstić information content (AvgIpc) is 3.41. The topological polar surface area (TPSA) is 58.3 Å². The Morgan fingerprint density at radius 2 is 1.76 bits per heavy atom. The lowest BCUT2D eigenvalue weighted by atomic mass is 10.2. The van der Waals surface area contributed by atoms with Crippen LogP contribution in [-0.4, -0.2) is 49.3 Å². The Kier molecular flexibility index (Phi) is 7.01. The van der Waals surface area contributed by atoms with Crippen LogP contribution in [0.4, 0.5) is 11.4 Å². The third-order valence-corrected chi connectivity index (χ3v) is 7.60. The van der Waals surface area contributed by atoms with Crippen LogP contribution in [0.5, 0.6) is 0 Å². The monoisotopic (exact) mass is 511 g/mol. The van der Waals surface area contributed by atoms with Crippen molar-refractivity contribution in [2.45, 2.75) is 9.99 Å². The van der Waals surface area contributed by atoms with E-state index in [-0.39, 0.29) is 5.91 Å². The molecule has 174 valence electrons. The van der Waals surface area contributed by atoms with Crippen molar-refractivity contribution in [3.63, 3.8) is 0 Å². The highest BCUT2D eigenvalue weighted by Gasteiger charge is 2.30. The smallest absolute Gasteiger partial charge is 0.266 e. The molecule has 3 heterocycles. The SMILES string of the molecule is CN1C(=O)/C(=C/c2ccc(Sc3ccc(Cl)cc3)o2)SC1=Nc1ccc(N2CCOCC2)cc1. The van der Waals surface area contributed by atoms with Gasteiger partial charge in [0.15, 0.2) is 10.3 Å². The first kappa shape index (κ1) is 23.1. The summed E-state index contributed by atoms with van der Waals surface area (Å²) in [6.45, 7) is 3.28. The predicted octanol–water partition coefficient (Wildman–Crippen LogP) is 6.15. The number of amidine groups is 1. The molecule has 0 bridgehead atoms. The summed E-state index contributed by atoms with van der Waals surface area (Å²) in [6.07, 6.45) is 1.76. The van der Waals surface area contributed by atoms with Gasteiger partial charge >= 0.3 is 0 Å². The summed E-state index contributed by atoms with van der Waals surface area (Å²) in [4.78, 5) is 22.9. The van der Waals surface area contributed by atoms with Crippen LogP contribution in [0.15, 0.2) is 85.0 Å². The molecule has 3 aromatic rings. The number of amides is 1. The molecule has 1 aromatic heterocycles. The highest BCUT2D eigenvalue weighted by molar-refractivity contribution is 8.18. The van der Waals surface area contributed by atoms with Gasteiger partial charge in [-0.3, -0.25) is 9.69 Å². The van der Waals surface area contributed by atoms with Crippen molar-refractivity contribution in [2.75, 3.05) is 38.3 Å². The standard InChI is InChI=1S/C25H22ClN3O3S2/c1-28-24(30)22(16-20-8-11-23(32-20)33-21-9-2-17(26)3-10-21)34-25(28)27-18-4-6-19(7-5-18)29-12-14-31-15-13-29/h2-11,16H,12-15H2,1H3/b22-16-,27-25?. The number of likely N-dealkylation sites (N-methyl/N-ethyl adjacent to an activating group) is 1. The summed E-state index contributed by atoms with van der Waals surface area (Å²) < 4.78 is 11.3. The Morgan fingerprint density at radius 3 is 2.50 bits per heavy atom. The molecule has 9 heteroatoms. The van der Waals surface area contributed by atoms with Crippen molar-refractivity contribution >= 4 is 63.7 Å². The maximum absolute atomic E-state index is 12.8. The Morgan fingerprint density at radius 1 is 1.03 bits per heavy atom. The van der Waals surface area contributed by atoms with Gasteiger partial charge in [0, 0.05) is 41.8 Å². The number of aliphatic imine (C=N–C) groups is 1. The predicted molar refractivity (Wildman–Crippen MR) is 139 cm³/mol. The van der Waals surface area contributed by atoms with Crippen LogP contribution in [0.1, 0.15) is 5.76 Å². The number of anilines is 1. The molecule has 2 aromatic carbocycles. The van der Waals surface area contributed by atoms with Gasteiger partial charge in [0.1, 0.15) is 5.76 Å². The van der Waals surface area contributed by atoms with Crippen molar-refractivity contribution in [3.8, 4) is 0 Å². The van der Waals surface area contributed by atoms with Crippen LogP contribution in [0, 0.1) is 0 Å². The number of furan rings is 1. The molecule has 0 radical (unpaired) electrons. The van der Waals surface area contributed by atoms with Crippen molar-refractivity contribution < 1.29 is 13.9 Å². The van der Waals surface area contributed by atoms with E-state index >= 15 is 0 Å². The molecule has 0 spiro atoms. The van der Waals surface area contributed by atoms with Gasteiger partial charge in [-0.2, -0.15) is 0 Å². The minimum Gasteiger partial charge on any atom is -0.450 e. The molecule has 1 amide bonds. The first-order valence-corrected chi connectivity index (χ1v) is 12.8. The van der Waals surface area contributed by atoms with Crippen LogP contribution >= 0.6 is 35.1 Å². The van der Waals surface area contributed by atoms with E-state index in [1.165, 1.54) is 23.5 Å². The van der Waals surface area contributed by atoms with E-state index in [1.54, 1.807) is 18.0 Å². The van der Waals surface area contributed by atoms with E-state index in [1.807, 2.05) is 48.5 Å². The number of carbonyl (C=O) groups is 1. The van der Waals surface area contributed by atoms with Crippen LogP contribution in [0.25, 0.3) is 6.08 Å². The Hall–Kier alpha value is -2.65. The van der Waals surface area contributed by atoms with Gasteiger partial charge in [-0.15, -0.1) is 0 Å². The highest BCUT2D eigenvalue weighted by atomic mass is 35.5. The lowest BCUT2D eigenvalue weighted by Crippen LogP contribution is -2.36. The molecule has 5 rings (SSSR count). The largest absolute Gasteiger partial charge is 0.450 e. The van der Waals surface area contributed by atoms with E-state index < -0.39 is 0 Å². The molecule has 0 N–H and O–H groups in total.